The predicted octanol–water partition coefficient (Wildman–Crippen LogP) is 13.9. The maximum Gasteiger partial charge on any atom is 0.0541 e. The van der Waals surface area contributed by atoms with Crippen LogP contribution in [0, 0.1) is 0 Å². The zero-order chi connectivity index (χ0) is 34.4. The SMILES string of the molecule is c1ccc(-n2c3ccccc3c3cc(-c4ccccc4-c4ccc(N(c5ccc6ccccc6c5)c5ccc6ccccc6c5)cc4)ccc32)cc1. The van der Waals surface area contributed by atoms with Crippen LogP contribution in [-0.2, 0) is 0 Å². The Morgan fingerprint density at radius 2 is 0.808 bits per heavy atom. The van der Waals surface area contributed by atoms with E-state index in [9.17, 15) is 0 Å². The van der Waals surface area contributed by atoms with E-state index >= 15 is 0 Å². The van der Waals surface area contributed by atoms with Gasteiger partial charge in [0.1, 0.15) is 0 Å². The normalized spacial score (nSPS) is 11.5. The highest BCUT2D eigenvalue weighted by atomic mass is 15.1. The van der Waals surface area contributed by atoms with Crippen LogP contribution < -0.4 is 4.90 Å². The van der Waals surface area contributed by atoms with Gasteiger partial charge in [0, 0.05) is 33.5 Å². The smallest absolute Gasteiger partial charge is 0.0541 e. The number of hydrogen-bond acceptors (Lipinski definition) is 1. The van der Waals surface area contributed by atoms with Crippen molar-refractivity contribution in [3.05, 3.63) is 206 Å². The summed E-state index contributed by atoms with van der Waals surface area (Å²) in [5.41, 5.74) is 11.8. The molecule has 0 atom stereocenters. The summed E-state index contributed by atoms with van der Waals surface area (Å²) in [4.78, 5) is 2.37. The summed E-state index contributed by atoms with van der Waals surface area (Å²) in [5.74, 6) is 0. The van der Waals surface area contributed by atoms with Crippen LogP contribution in [0.15, 0.2) is 206 Å². The Bertz CT molecular complexity index is 2820. The third-order valence-corrected chi connectivity index (χ3v) is 10.3. The van der Waals surface area contributed by atoms with Gasteiger partial charge in [0.25, 0.3) is 0 Å². The lowest BCUT2D eigenvalue weighted by Crippen LogP contribution is -2.09. The van der Waals surface area contributed by atoms with Gasteiger partial charge in [-0.05, 0) is 111 Å². The molecule has 0 saturated heterocycles. The second-order valence-corrected chi connectivity index (χ2v) is 13.4. The summed E-state index contributed by atoms with van der Waals surface area (Å²) in [6.45, 7) is 0. The fourth-order valence-electron chi connectivity index (χ4n) is 7.85. The van der Waals surface area contributed by atoms with Crippen LogP contribution in [0.25, 0.3) is 71.3 Å². The lowest BCUT2D eigenvalue weighted by molar-refractivity contribution is 1.18. The molecule has 1 aromatic heterocycles. The highest BCUT2D eigenvalue weighted by Gasteiger charge is 2.17. The Kier molecular flexibility index (Phi) is 7.18. The van der Waals surface area contributed by atoms with Crippen LogP contribution in [0.2, 0.25) is 0 Å². The molecule has 0 N–H and O–H groups in total. The molecule has 0 radical (unpaired) electrons. The first-order chi connectivity index (χ1) is 25.8. The Hall–Kier alpha value is -6.90. The molecule has 0 aliphatic rings. The van der Waals surface area contributed by atoms with Gasteiger partial charge in [0.15, 0.2) is 0 Å². The lowest BCUT2D eigenvalue weighted by Gasteiger charge is -2.26. The van der Waals surface area contributed by atoms with Crippen LogP contribution in [0.5, 0.6) is 0 Å². The van der Waals surface area contributed by atoms with E-state index in [4.69, 9.17) is 0 Å². The largest absolute Gasteiger partial charge is 0.310 e. The molecule has 9 aromatic carbocycles. The molecular weight excluding hydrogens is 629 g/mol. The van der Waals surface area contributed by atoms with E-state index in [0.717, 1.165) is 17.1 Å². The van der Waals surface area contributed by atoms with Crippen molar-refractivity contribution in [1.29, 1.82) is 0 Å². The molecular formula is C50H34N2. The number of aromatic nitrogens is 1. The highest BCUT2D eigenvalue weighted by molar-refractivity contribution is 6.11. The molecule has 244 valence electrons. The monoisotopic (exact) mass is 662 g/mol. The minimum Gasteiger partial charge on any atom is -0.310 e. The first kappa shape index (κ1) is 30.0. The number of para-hydroxylation sites is 2. The standard InChI is InChI=1S/C50H34N2/c1-2-16-41(17-3-1)52-49-21-11-10-20-47(49)48-34-40(26-31-50(48)52)46-19-9-8-18-45(46)37-24-27-42(28-25-37)51(43-29-22-35-12-4-6-14-38(35)32-43)44-30-23-36-13-5-7-15-39(36)33-44/h1-34H. The quantitative estimate of drug-likeness (QED) is 0.172. The van der Waals surface area contributed by atoms with Crippen molar-refractivity contribution in [2.24, 2.45) is 0 Å². The Balaban J connectivity index is 1.07. The van der Waals surface area contributed by atoms with Crippen LogP contribution in [0.4, 0.5) is 17.1 Å². The molecule has 0 spiro atoms. The minimum atomic E-state index is 1.11. The predicted molar refractivity (Wildman–Crippen MR) is 221 cm³/mol. The Labute approximate surface area is 303 Å². The van der Waals surface area contributed by atoms with Crippen molar-refractivity contribution in [1.82, 2.24) is 4.57 Å². The maximum absolute atomic E-state index is 2.37. The van der Waals surface area contributed by atoms with Gasteiger partial charge in [-0.25, -0.2) is 0 Å². The lowest BCUT2D eigenvalue weighted by atomic mass is 9.93. The van der Waals surface area contributed by atoms with Crippen molar-refractivity contribution in [3.8, 4) is 27.9 Å². The number of nitrogens with zero attached hydrogens (tertiary/aromatic N) is 2. The van der Waals surface area contributed by atoms with Crippen LogP contribution in [-0.4, -0.2) is 4.57 Å². The fourth-order valence-corrected chi connectivity index (χ4v) is 7.85. The number of hydrogen-bond donors (Lipinski definition) is 0. The van der Waals surface area contributed by atoms with Gasteiger partial charge >= 0.3 is 0 Å². The molecule has 0 aliphatic heterocycles. The molecule has 0 aliphatic carbocycles. The molecule has 1 heterocycles. The van der Waals surface area contributed by atoms with Crippen molar-refractivity contribution >= 4 is 60.4 Å². The zero-order valence-corrected chi connectivity index (χ0v) is 28.5. The summed E-state index contributed by atoms with van der Waals surface area (Å²) in [7, 11) is 0. The molecule has 2 heteroatoms. The van der Waals surface area contributed by atoms with Gasteiger partial charge in [-0.1, -0.05) is 140 Å². The van der Waals surface area contributed by atoms with Crippen molar-refractivity contribution < 1.29 is 0 Å². The van der Waals surface area contributed by atoms with Crippen LogP contribution >= 0.6 is 0 Å². The average molecular weight is 663 g/mol. The Morgan fingerprint density at radius 3 is 1.48 bits per heavy atom. The van der Waals surface area contributed by atoms with Crippen molar-refractivity contribution in [2.75, 3.05) is 4.90 Å². The molecule has 0 bridgehead atoms. The van der Waals surface area contributed by atoms with Gasteiger partial charge in [0.2, 0.25) is 0 Å². The first-order valence-corrected chi connectivity index (χ1v) is 17.8. The topological polar surface area (TPSA) is 8.17 Å². The van der Waals surface area contributed by atoms with E-state index in [1.165, 1.54) is 71.3 Å². The van der Waals surface area contributed by atoms with Gasteiger partial charge in [0.05, 0.1) is 11.0 Å². The number of benzene rings is 9. The van der Waals surface area contributed by atoms with E-state index in [2.05, 4.69) is 216 Å². The third-order valence-electron chi connectivity index (χ3n) is 10.3. The second-order valence-electron chi connectivity index (χ2n) is 13.4. The summed E-state index contributed by atoms with van der Waals surface area (Å²) in [6, 6.07) is 74.7. The van der Waals surface area contributed by atoms with Gasteiger partial charge < -0.3 is 9.47 Å². The van der Waals surface area contributed by atoms with E-state index in [1.807, 2.05) is 0 Å². The van der Waals surface area contributed by atoms with Gasteiger partial charge in [-0.3, -0.25) is 0 Å². The molecule has 10 rings (SSSR count). The van der Waals surface area contributed by atoms with Crippen molar-refractivity contribution in [3.63, 3.8) is 0 Å². The zero-order valence-electron chi connectivity index (χ0n) is 28.5. The van der Waals surface area contributed by atoms with Crippen LogP contribution in [0.3, 0.4) is 0 Å². The molecule has 10 aromatic rings. The molecule has 0 unspecified atom stereocenters. The highest BCUT2D eigenvalue weighted by Crippen LogP contribution is 2.41. The average Bonchev–Trinajstić information content (AvgIpc) is 3.55. The summed E-state index contributed by atoms with van der Waals surface area (Å²) in [5, 5.41) is 7.43. The molecule has 0 fully saturated rings. The number of fused-ring (bicyclic) bond motifs is 5. The number of anilines is 3. The maximum atomic E-state index is 2.37. The number of rotatable bonds is 6. The molecule has 0 amide bonds. The minimum absolute atomic E-state index is 1.11. The summed E-state index contributed by atoms with van der Waals surface area (Å²) >= 11 is 0. The molecule has 0 saturated carbocycles. The molecule has 2 nitrogen and oxygen atoms in total. The van der Waals surface area contributed by atoms with Gasteiger partial charge in [-0.2, -0.15) is 0 Å². The van der Waals surface area contributed by atoms with E-state index in [0.29, 0.717) is 0 Å². The third kappa shape index (κ3) is 5.12. The fraction of sp³-hybridized carbons (Fsp3) is 0. The Morgan fingerprint density at radius 1 is 0.308 bits per heavy atom. The molecule has 52 heavy (non-hydrogen) atoms. The van der Waals surface area contributed by atoms with Crippen LogP contribution in [0.1, 0.15) is 0 Å². The van der Waals surface area contributed by atoms with Crippen molar-refractivity contribution in [2.45, 2.75) is 0 Å². The van der Waals surface area contributed by atoms with E-state index in [1.54, 1.807) is 0 Å². The van der Waals surface area contributed by atoms with E-state index < -0.39 is 0 Å². The second kappa shape index (κ2) is 12.5. The van der Waals surface area contributed by atoms with E-state index in [-0.39, 0.29) is 0 Å². The van der Waals surface area contributed by atoms with Gasteiger partial charge in [-0.15, -0.1) is 0 Å². The first-order valence-electron chi connectivity index (χ1n) is 17.8. The summed E-state index contributed by atoms with van der Waals surface area (Å²) in [6.07, 6.45) is 0. The summed E-state index contributed by atoms with van der Waals surface area (Å²) < 4.78 is 2.37.